The van der Waals surface area contributed by atoms with E-state index in [1.54, 1.807) is 0 Å². The third-order valence-electron chi connectivity index (χ3n) is 8.91. The molecule has 0 radical (unpaired) electrons. The van der Waals surface area contributed by atoms with E-state index in [0.29, 0.717) is 0 Å². The minimum atomic E-state index is 0.748. The Morgan fingerprint density at radius 3 is 0.841 bits per heavy atom. The van der Waals surface area contributed by atoms with Crippen molar-refractivity contribution in [2.75, 3.05) is 11.5 Å². The Morgan fingerprint density at radius 2 is 0.568 bits per heavy atom. The average Bonchev–Trinajstić information content (AvgIpc) is 3.04. The van der Waals surface area contributed by atoms with Gasteiger partial charge in [-0.2, -0.15) is 0 Å². The highest BCUT2D eigenvalue weighted by Gasteiger charge is 2.27. The fourth-order valence-corrected chi connectivity index (χ4v) is 6.55. The van der Waals surface area contributed by atoms with Crippen LogP contribution in [0.25, 0.3) is 66.1 Å². The molecule has 0 heterocycles. The van der Waals surface area contributed by atoms with Crippen molar-refractivity contribution in [3.8, 4) is 44.5 Å². The summed E-state index contributed by atoms with van der Waals surface area (Å²) < 4.78 is 0. The van der Waals surface area contributed by atoms with Gasteiger partial charge in [0.25, 0.3) is 0 Å². The molecule has 2 nitrogen and oxygen atoms in total. The lowest BCUT2D eigenvalue weighted by atomic mass is 9.77. The molecular weight excluding hydrogens is 532 g/mol. The van der Waals surface area contributed by atoms with Crippen LogP contribution in [0.3, 0.4) is 0 Å². The number of hydrogen-bond acceptors (Lipinski definition) is 2. The second kappa shape index (κ2) is 10.7. The lowest BCUT2D eigenvalue weighted by Gasteiger charge is -2.27. The van der Waals surface area contributed by atoms with Crippen LogP contribution in [0.1, 0.15) is 22.3 Å². The molecule has 7 aromatic rings. The van der Waals surface area contributed by atoms with Gasteiger partial charge in [-0.3, -0.25) is 0 Å². The summed E-state index contributed by atoms with van der Waals surface area (Å²) in [5.41, 5.74) is 30.0. The summed E-state index contributed by atoms with van der Waals surface area (Å²) in [4.78, 5) is 0. The van der Waals surface area contributed by atoms with Crippen LogP contribution in [-0.2, 0) is 0 Å². The van der Waals surface area contributed by atoms with Gasteiger partial charge in [-0.05, 0) is 61.1 Å². The fraction of sp³-hybridized carbons (Fsp3) is 0.0952. The van der Waals surface area contributed by atoms with Crippen molar-refractivity contribution in [3.63, 3.8) is 0 Å². The maximum absolute atomic E-state index is 7.29. The van der Waals surface area contributed by atoms with Crippen LogP contribution >= 0.6 is 0 Å². The molecule has 0 aromatic heterocycles. The van der Waals surface area contributed by atoms with Crippen LogP contribution in [0.4, 0.5) is 11.4 Å². The van der Waals surface area contributed by atoms with E-state index in [1.165, 1.54) is 22.3 Å². The van der Waals surface area contributed by atoms with Gasteiger partial charge >= 0.3 is 0 Å². The van der Waals surface area contributed by atoms with Gasteiger partial charge < -0.3 is 11.5 Å². The molecule has 7 rings (SSSR count). The van der Waals surface area contributed by atoms with E-state index >= 15 is 0 Å². The number of anilines is 2. The van der Waals surface area contributed by atoms with Gasteiger partial charge in [-0.25, -0.2) is 0 Å². The van der Waals surface area contributed by atoms with Gasteiger partial charge in [0.2, 0.25) is 0 Å². The smallest absolute Gasteiger partial charge is 0.0481 e. The summed E-state index contributed by atoms with van der Waals surface area (Å²) in [6.07, 6.45) is 0. The number of fused-ring (bicyclic) bond motifs is 2. The Hall–Kier alpha value is -5.34. The zero-order valence-electron chi connectivity index (χ0n) is 25.7. The van der Waals surface area contributed by atoms with Gasteiger partial charge in [0, 0.05) is 44.0 Å². The second-order valence-corrected chi connectivity index (χ2v) is 12.1. The first kappa shape index (κ1) is 27.5. The normalized spacial score (nSPS) is 11.4. The topological polar surface area (TPSA) is 52.0 Å². The zero-order chi connectivity index (χ0) is 30.5. The van der Waals surface area contributed by atoms with Crippen molar-refractivity contribution < 1.29 is 0 Å². The molecule has 44 heavy (non-hydrogen) atoms. The quantitative estimate of drug-likeness (QED) is 0.126. The van der Waals surface area contributed by atoms with E-state index in [1.807, 2.05) is 12.1 Å². The van der Waals surface area contributed by atoms with Crippen LogP contribution in [0, 0.1) is 27.7 Å². The Morgan fingerprint density at radius 1 is 0.318 bits per heavy atom. The minimum absolute atomic E-state index is 0.748. The highest BCUT2D eigenvalue weighted by Crippen LogP contribution is 2.55. The van der Waals surface area contributed by atoms with Crippen LogP contribution in [-0.4, -0.2) is 0 Å². The summed E-state index contributed by atoms with van der Waals surface area (Å²) >= 11 is 0. The van der Waals surface area contributed by atoms with Crippen molar-refractivity contribution in [2.24, 2.45) is 0 Å². The number of hydrogen-bond donors (Lipinski definition) is 2. The van der Waals surface area contributed by atoms with Gasteiger partial charge in [0.05, 0.1) is 0 Å². The van der Waals surface area contributed by atoms with Crippen LogP contribution in [0.2, 0.25) is 0 Å². The first-order chi connectivity index (χ1) is 21.3. The lowest BCUT2D eigenvalue weighted by Crippen LogP contribution is -2.03. The summed E-state index contributed by atoms with van der Waals surface area (Å²) in [6.45, 7) is 8.52. The molecule has 0 saturated carbocycles. The Labute approximate surface area is 259 Å². The molecule has 0 unspecified atom stereocenters. The van der Waals surface area contributed by atoms with Gasteiger partial charge in [-0.15, -0.1) is 0 Å². The predicted molar refractivity (Wildman–Crippen MR) is 191 cm³/mol. The molecule has 0 saturated heterocycles. The second-order valence-electron chi connectivity index (χ2n) is 12.1. The van der Waals surface area contributed by atoms with E-state index in [-0.39, 0.29) is 0 Å². The van der Waals surface area contributed by atoms with E-state index < -0.39 is 0 Å². The predicted octanol–water partition coefficient (Wildman–Crippen LogP) is 11.1. The number of nitrogens with two attached hydrogens (primary N) is 2. The van der Waals surface area contributed by atoms with Crippen LogP contribution < -0.4 is 11.5 Å². The monoisotopic (exact) mass is 568 g/mol. The average molecular weight is 569 g/mol. The molecule has 214 valence electrons. The third kappa shape index (κ3) is 4.51. The molecule has 0 fully saturated rings. The maximum Gasteiger partial charge on any atom is 0.0481 e. The molecule has 0 amide bonds. The SMILES string of the molecule is Cc1ccc(-c2c(-c3ccc(C)cc3)c(-c3ccc(C)cc3)c3c(N)c4ccccc4c(N)c3c2-c2ccc(C)cc2)cc1. The molecule has 2 heteroatoms. The lowest BCUT2D eigenvalue weighted by molar-refractivity contribution is 1.45. The van der Waals surface area contributed by atoms with Crippen molar-refractivity contribution in [1.82, 2.24) is 0 Å². The summed E-state index contributed by atoms with van der Waals surface area (Å²) in [7, 11) is 0. The standard InChI is InChI=1S/C42H36N2/c1-25-9-17-29(18-10-25)35-36(30-19-11-26(2)12-20-30)38(32-23-15-28(4)16-24-32)40-39(37(35)31-21-13-27(3)14-22-31)41(43)33-7-5-6-8-34(33)42(40)44/h5-24H,43-44H2,1-4H3. The minimum Gasteiger partial charge on any atom is -0.398 e. The number of rotatable bonds is 4. The molecule has 7 aromatic carbocycles. The van der Waals surface area contributed by atoms with Gasteiger partial charge in [0.15, 0.2) is 0 Å². The molecule has 0 atom stereocenters. The first-order valence-electron chi connectivity index (χ1n) is 15.2. The van der Waals surface area contributed by atoms with Crippen molar-refractivity contribution >= 4 is 32.9 Å². The largest absolute Gasteiger partial charge is 0.398 e. The van der Waals surface area contributed by atoms with Crippen molar-refractivity contribution in [2.45, 2.75) is 27.7 Å². The summed E-state index contributed by atoms with van der Waals surface area (Å²) in [6, 6.07) is 43.6. The van der Waals surface area contributed by atoms with E-state index in [9.17, 15) is 0 Å². The van der Waals surface area contributed by atoms with E-state index in [2.05, 4.69) is 137 Å². The third-order valence-corrected chi connectivity index (χ3v) is 8.91. The molecule has 0 spiro atoms. The van der Waals surface area contributed by atoms with Crippen molar-refractivity contribution in [1.29, 1.82) is 0 Å². The molecule has 4 N–H and O–H groups in total. The van der Waals surface area contributed by atoms with Crippen LogP contribution in [0.15, 0.2) is 121 Å². The molecule has 0 aliphatic heterocycles. The first-order valence-corrected chi connectivity index (χ1v) is 15.2. The Kier molecular flexibility index (Phi) is 6.71. The Bertz CT molecular complexity index is 2010. The summed E-state index contributed by atoms with van der Waals surface area (Å²) in [5, 5.41) is 3.93. The van der Waals surface area contributed by atoms with Gasteiger partial charge in [0.1, 0.15) is 0 Å². The molecule has 0 bridgehead atoms. The number of aryl methyl sites for hydroxylation is 4. The van der Waals surface area contributed by atoms with E-state index in [0.717, 1.165) is 77.4 Å². The van der Waals surface area contributed by atoms with Crippen molar-refractivity contribution in [3.05, 3.63) is 144 Å². The Balaban J connectivity index is 1.83. The molecule has 0 aliphatic carbocycles. The maximum atomic E-state index is 7.29. The zero-order valence-corrected chi connectivity index (χ0v) is 25.7. The van der Waals surface area contributed by atoms with E-state index in [4.69, 9.17) is 11.5 Å². The number of nitrogen functional groups attached to an aromatic ring is 2. The summed E-state index contributed by atoms with van der Waals surface area (Å²) in [5.74, 6) is 0. The van der Waals surface area contributed by atoms with Crippen LogP contribution in [0.5, 0.6) is 0 Å². The molecule has 0 aliphatic rings. The van der Waals surface area contributed by atoms with Gasteiger partial charge in [-0.1, -0.05) is 144 Å². The highest BCUT2D eigenvalue weighted by molar-refractivity contribution is 6.30. The fourth-order valence-electron chi connectivity index (χ4n) is 6.55. The number of benzene rings is 7. The highest BCUT2D eigenvalue weighted by atomic mass is 14.6. The molecular formula is C42H36N2.